The number of carbonyl (C=O) groups excluding carboxylic acids is 1. The van der Waals surface area contributed by atoms with E-state index in [-0.39, 0.29) is 5.97 Å². The van der Waals surface area contributed by atoms with Gasteiger partial charge in [-0.2, -0.15) is 0 Å². The highest BCUT2D eigenvalue weighted by molar-refractivity contribution is 8.00. The molecule has 0 aliphatic carbocycles. The molecule has 1 saturated heterocycles. The first-order valence-electron chi connectivity index (χ1n) is 7.24. The summed E-state index contributed by atoms with van der Waals surface area (Å²) in [4.78, 5) is 14.0. The summed E-state index contributed by atoms with van der Waals surface area (Å²) >= 11 is 1.32. The van der Waals surface area contributed by atoms with Crippen molar-refractivity contribution in [3.05, 3.63) is 12.2 Å². The van der Waals surface area contributed by atoms with Crippen LogP contribution in [-0.4, -0.2) is 59.4 Å². The fourth-order valence-electron chi connectivity index (χ4n) is 2.20. The molecule has 0 bridgehead atoms. The highest BCUT2D eigenvalue weighted by atomic mass is 32.2. The van der Waals surface area contributed by atoms with E-state index < -0.39 is 5.25 Å². The first-order valence-corrected chi connectivity index (χ1v) is 8.12. The Labute approximate surface area is 134 Å². The Morgan fingerprint density at radius 1 is 1.45 bits per heavy atom. The number of rotatable bonds is 6. The van der Waals surface area contributed by atoms with Gasteiger partial charge in [0.05, 0.1) is 20.3 Å². The van der Waals surface area contributed by atoms with Gasteiger partial charge in [0.15, 0.2) is 5.16 Å². The van der Waals surface area contributed by atoms with E-state index in [0.29, 0.717) is 18.4 Å². The molecule has 0 amide bonds. The lowest BCUT2D eigenvalue weighted by molar-refractivity contribution is -0.139. The van der Waals surface area contributed by atoms with Crippen molar-refractivity contribution >= 4 is 23.7 Å². The minimum atomic E-state index is -0.475. The Morgan fingerprint density at radius 2 is 2.14 bits per heavy atom. The molecule has 0 N–H and O–H groups in total. The van der Waals surface area contributed by atoms with Crippen LogP contribution in [0.15, 0.2) is 17.3 Å². The van der Waals surface area contributed by atoms with Crippen LogP contribution in [0, 0.1) is 0 Å². The molecule has 122 valence electrons. The van der Waals surface area contributed by atoms with Crippen LogP contribution < -0.4 is 4.90 Å². The second-order valence-corrected chi connectivity index (χ2v) is 6.07. The van der Waals surface area contributed by atoms with Gasteiger partial charge in [0.25, 0.3) is 0 Å². The number of morpholine rings is 1. The number of methoxy groups -OCH3 is 1. The molecule has 7 nitrogen and oxygen atoms in total. The number of thioether (sulfide) groups is 1. The number of esters is 1. The number of ether oxygens (including phenoxy) is 2. The highest BCUT2D eigenvalue weighted by Crippen LogP contribution is 2.29. The van der Waals surface area contributed by atoms with E-state index in [1.807, 2.05) is 18.4 Å². The molecule has 0 saturated carbocycles. The Morgan fingerprint density at radius 3 is 2.68 bits per heavy atom. The topological polar surface area (TPSA) is 69.5 Å². The number of hydrogen-bond acceptors (Lipinski definition) is 7. The molecular weight excluding hydrogens is 304 g/mol. The minimum absolute atomic E-state index is 0.323. The van der Waals surface area contributed by atoms with Crippen LogP contribution in [0.4, 0.5) is 5.95 Å². The van der Waals surface area contributed by atoms with E-state index in [9.17, 15) is 4.79 Å². The Balaban J connectivity index is 2.22. The highest BCUT2D eigenvalue weighted by Gasteiger charge is 2.26. The molecule has 22 heavy (non-hydrogen) atoms. The molecule has 0 spiro atoms. The molecule has 1 aliphatic heterocycles. The molecule has 0 aromatic carbocycles. The van der Waals surface area contributed by atoms with Gasteiger partial charge in [-0.05, 0) is 13.8 Å². The predicted molar refractivity (Wildman–Crippen MR) is 85.2 cm³/mol. The SMILES string of the molecule is C=C(C)C(Sc1nnc(N2CCOCC2)n1CC)C(=O)OC. The standard InChI is InChI=1S/C14H22N4O3S/c1-5-18-13(17-6-8-21-9-7-17)15-16-14(18)22-11(10(2)3)12(19)20-4/h11H,2,5-9H2,1,3-4H3. The van der Waals surface area contributed by atoms with Crippen molar-refractivity contribution in [1.29, 1.82) is 0 Å². The van der Waals surface area contributed by atoms with Gasteiger partial charge < -0.3 is 14.4 Å². The van der Waals surface area contributed by atoms with Crippen LogP contribution in [0.2, 0.25) is 0 Å². The average Bonchev–Trinajstić information content (AvgIpc) is 2.95. The van der Waals surface area contributed by atoms with Crippen molar-refractivity contribution in [2.24, 2.45) is 0 Å². The van der Waals surface area contributed by atoms with E-state index in [0.717, 1.165) is 31.2 Å². The molecule has 2 rings (SSSR count). The number of aromatic nitrogens is 3. The van der Waals surface area contributed by atoms with E-state index in [1.165, 1.54) is 18.9 Å². The van der Waals surface area contributed by atoms with Gasteiger partial charge in [0, 0.05) is 19.6 Å². The first-order chi connectivity index (χ1) is 10.6. The van der Waals surface area contributed by atoms with Crippen molar-refractivity contribution in [2.45, 2.75) is 30.8 Å². The molecule has 1 atom stereocenters. The largest absolute Gasteiger partial charge is 0.468 e. The Hall–Kier alpha value is -1.54. The summed E-state index contributed by atoms with van der Waals surface area (Å²) in [7, 11) is 1.38. The Kier molecular flexibility index (Phi) is 5.84. The summed E-state index contributed by atoms with van der Waals surface area (Å²) in [6.07, 6.45) is 0. The second kappa shape index (κ2) is 7.64. The van der Waals surface area contributed by atoms with Gasteiger partial charge in [-0.25, -0.2) is 0 Å². The van der Waals surface area contributed by atoms with Crippen molar-refractivity contribution < 1.29 is 14.3 Å². The maximum Gasteiger partial charge on any atom is 0.323 e. The normalized spacial score (nSPS) is 16.4. The van der Waals surface area contributed by atoms with Gasteiger partial charge >= 0.3 is 5.97 Å². The molecule has 1 fully saturated rings. The summed E-state index contributed by atoms with van der Waals surface area (Å²) < 4.78 is 12.2. The van der Waals surface area contributed by atoms with Gasteiger partial charge in [-0.15, -0.1) is 10.2 Å². The molecule has 8 heteroatoms. The lowest BCUT2D eigenvalue weighted by atomic mass is 10.2. The minimum Gasteiger partial charge on any atom is -0.468 e. The molecule has 2 heterocycles. The molecule has 1 aromatic rings. The van der Waals surface area contributed by atoms with E-state index in [4.69, 9.17) is 9.47 Å². The van der Waals surface area contributed by atoms with E-state index in [1.54, 1.807) is 0 Å². The third-order valence-corrected chi connectivity index (χ3v) is 4.74. The van der Waals surface area contributed by atoms with Crippen molar-refractivity contribution in [2.75, 3.05) is 38.3 Å². The third kappa shape index (κ3) is 3.61. The summed E-state index contributed by atoms with van der Waals surface area (Å²) in [6.45, 7) is 11.4. The zero-order chi connectivity index (χ0) is 16.1. The van der Waals surface area contributed by atoms with E-state index >= 15 is 0 Å². The molecule has 0 radical (unpaired) electrons. The van der Waals surface area contributed by atoms with Crippen LogP contribution in [0.5, 0.6) is 0 Å². The fourth-order valence-corrected chi connectivity index (χ4v) is 3.23. The smallest absolute Gasteiger partial charge is 0.323 e. The predicted octanol–water partition coefficient (Wildman–Crippen LogP) is 1.34. The van der Waals surface area contributed by atoms with Crippen molar-refractivity contribution in [1.82, 2.24) is 14.8 Å². The van der Waals surface area contributed by atoms with Crippen LogP contribution >= 0.6 is 11.8 Å². The van der Waals surface area contributed by atoms with Crippen LogP contribution in [0.25, 0.3) is 0 Å². The monoisotopic (exact) mass is 326 g/mol. The van der Waals surface area contributed by atoms with Gasteiger partial charge in [0.1, 0.15) is 5.25 Å². The van der Waals surface area contributed by atoms with Gasteiger partial charge in [0.2, 0.25) is 5.95 Å². The Bertz CT molecular complexity index is 540. The lowest BCUT2D eigenvalue weighted by Gasteiger charge is -2.27. The zero-order valence-corrected chi connectivity index (χ0v) is 14.1. The molecule has 1 unspecified atom stereocenters. The zero-order valence-electron chi connectivity index (χ0n) is 13.2. The molecule has 1 aliphatic rings. The number of nitrogens with zero attached hydrogens (tertiary/aromatic N) is 4. The van der Waals surface area contributed by atoms with Crippen LogP contribution in [-0.2, 0) is 20.8 Å². The number of anilines is 1. The maximum absolute atomic E-state index is 11.9. The van der Waals surface area contributed by atoms with Crippen LogP contribution in [0.1, 0.15) is 13.8 Å². The summed E-state index contributed by atoms with van der Waals surface area (Å²) in [5.74, 6) is 0.495. The number of carbonyl (C=O) groups is 1. The fraction of sp³-hybridized carbons (Fsp3) is 0.643. The summed E-state index contributed by atoms with van der Waals surface area (Å²) in [6, 6.07) is 0. The van der Waals surface area contributed by atoms with Gasteiger partial charge in [-0.3, -0.25) is 9.36 Å². The summed E-state index contributed by atoms with van der Waals surface area (Å²) in [5.41, 5.74) is 0.732. The molecular formula is C14H22N4O3S. The third-order valence-electron chi connectivity index (χ3n) is 3.39. The summed E-state index contributed by atoms with van der Waals surface area (Å²) in [5, 5.41) is 8.76. The lowest BCUT2D eigenvalue weighted by Crippen LogP contribution is -2.38. The quantitative estimate of drug-likeness (QED) is 0.444. The van der Waals surface area contributed by atoms with Crippen molar-refractivity contribution in [3.63, 3.8) is 0 Å². The van der Waals surface area contributed by atoms with Gasteiger partial charge in [-0.1, -0.05) is 23.9 Å². The molecule has 1 aromatic heterocycles. The maximum atomic E-state index is 11.9. The van der Waals surface area contributed by atoms with E-state index in [2.05, 4.69) is 21.7 Å². The van der Waals surface area contributed by atoms with Crippen molar-refractivity contribution in [3.8, 4) is 0 Å². The number of hydrogen-bond donors (Lipinski definition) is 0. The van der Waals surface area contributed by atoms with Crippen LogP contribution in [0.3, 0.4) is 0 Å². The first kappa shape index (κ1) is 16.8. The second-order valence-electron chi connectivity index (χ2n) is 4.99. The average molecular weight is 326 g/mol.